The summed E-state index contributed by atoms with van der Waals surface area (Å²) in [5, 5.41) is 0. The third kappa shape index (κ3) is 1.07. The van der Waals surface area contributed by atoms with Crippen LogP contribution in [-0.2, 0) is 6.42 Å². The third-order valence-electron chi connectivity index (χ3n) is 1.90. The Morgan fingerprint density at radius 2 is 2.33 bits per heavy atom. The number of imidazole rings is 1. The van der Waals surface area contributed by atoms with E-state index in [9.17, 15) is 0 Å². The molecule has 0 aliphatic carbocycles. The lowest BCUT2D eigenvalue weighted by molar-refractivity contribution is 0.865. The molecule has 0 saturated heterocycles. The van der Waals surface area contributed by atoms with Gasteiger partial charge in [-0.05, 0) is 6.42 Å². The maximum atomic E-state index is 4.24. The van der Waals surface area contributed by atoms with E-state index in [1.807, 2.05) is 12.4 Å². The SMILES string of the molecule is CCCc1cnc2cnccn12. The molecule has 0 unspecified atom stereocenters. The van der Waals surface area contributed by atoms with Crippen LogP contribution in [0.1, 0.15) is 19.0 Å². The third-order valence-corrected chi connectivity index (χ3v) is 1.90. The molecule has 62 valence electrons. The molecule has 0 aromatic carbocycles. The van der Waals surface area contributed by atoms with Crippen molar-refractivity contribution >= 4 is 5.65 Å². The lowest BCUT2D eigenvalue weighted by atomic mass is 10.3. The Hall–Kier alpha value is -1.38. The fourth-order valence-corrected chi connectivity index (χ4v) is 1.34. The molecule has 2 aromatic rings. The van der Waals surface area contributed by atoms with Gasteiger partial charge in [0, 0.05) is 24.3 Å². The highest BCUT2D eigenvalue weighted by molar-refractivity contribution is 5.36. The fraction of sp³-hybridized carbons (Fsp3) is 0.333. The molecular formula is C9H11N3. The van der Waals surface area contributed by atoms with Gasteiger partial charge in [-0.3, -0.25) is 4.98 Å². The number of hydrogen-bond donors (Lipinski definition) is 0. The average molecular weight is 161 g/mol. The van der Waals surface area contributed by atoms with Gasteiger partial charge in [0.05, 0.1) is 6.20 Å². The quantitative estimate of drug-likeness (QED) is 0.670. The largest absolute Gasteiger partial charge is 0.301 e. The van der Waals surface area contributed by atoms with E-state index >= 15 is 0 Å². The molecule has 0 aliphatic heterocycles. The van der Waals surface area contributed by atoms with Gasteiger partial charge in [0.2, 0.25) is 0 Å². The molecule has 12 heavy (non-hydrogen) atoms. The van der Waals surface area contributed by atoms with Crippen LogP contribution in [0.4, 0.5) is 0 Å². The monoisotopic (exact) mass is 161 g/mol. The smallest absolute Gasteiger partial charge is 0.155 e. The summed E-state index contributed by atoms with van der Waals surface area (Å²) in [5.74, 6) is 0. The molecule has 0 bridgehead atoms. The molecule has 0 atom stereocenters. The van der Waals surface area contributed by atoms with E-state index in [2.05, 4.69) is 21.3 Å². The Morgan fingerprint density at radius 1 is 1.42 bits per heavy atom. The summed E-state index contributed by atoms with van der Waals surface area (Å²) in [6, 6.07) is 0. The van der Waals surface area contributed by atoms with Crippen molar-refractivity contribution in [3.63, 3.8) is 0 Å². The molecule has 2 heterocycles. The topological polar surface area (TPSA) is 30.2 Å². The van der Waals surface area contributed by atoms with Crippen LogP contribution in [0.3, 0.4) is 0 Å². The second-order valence-electron chi connectivity index (χ2n) is 2.80. The number of aromatic nitrogens is 3. The standard InChI is InChI=1S/C9H11N3/c1-2-3-8-6-11-9-7-10-4-5-12(8)9/h4-7H,2-3H2,1H3. The summed E-state index contributed by atoms with van der Waals surface area (Å²) in [4.78, 5) is 8.24. The second kappa shape index (κ2) is 2.93. The molecule has 0 fully saturated rings. The van der Waals surface area contributed by atoms with Crippen LogP contribution in [0.15, 0.2) is 24.8 Å². The van der Waals surface area contributed by atoms with Crippen molar-refractivity contribution in [2.75, 3.05) is 0 Å². The average Bonchev–Trinajstić information content (AvgIpc) is 2.50. The Balaban J connectivity index is 2.55. The van der Waals surface area contributed by atoms with Gasteiger partial charge in [-0.2, -0.15) is 0 Å². The van der Waals surface area contributed by atoms with Crippen molar-refractivity contribution < 1.29 is 0 Å². The van der Waals surface area contributed by atoms with Gasteiger partial charge in [0.1, 0.15) is 0 Å². The van der Waals surface area contributed by atoms with Crippen molar-refractivity contribution in [2.24, 2.45) is 0 Å². The number of aryl methyl sites for hydroxylation is 1. The van der Waals surface area contributed by atoms with Crippen LogP contribution in [0.2, 0.25) is 0 Å². The summed E-state index contributed by atoms with van der Waals surface area (Å²) >= 11 is 0. The summed E-state index contributed by atoms with van der Waals surface area (Å²) in [7, 11) is 0. The zero-order valence-corrected chi connectivity index (χ0v) is 7.07. The van der Waals surface area contributed by atoms with Crippen molar-refractivity contribution in [1.29, 1.82) is 0 Å². The number of rotatable bonds is 2. The molecule has 0 amide bonds. The lowest BCUT2D eigenvalue weighted by Gasteiger charge is -1.96. The van der Waals surface area contributed by atoms with Crippen LogP contribution in [-0.4, -0.2) is 14.4 Å². The van der Waals surface area contributed by atoms with E-state index in [4.69, 9.17) is 0 Å². The first kappa shape index (κ1) is 7.28. The summed E-state index contributed by atoms with van der Waals surface area (Å²) in [6.07, 6.45) is 9.65. The highest BCUT2D eigenvalue weighted by atomic mass is 15.0. The lowest BCUT2D eigenvalue weighted by Crippen LogP contribution is -1.91. The van der Waals surface area contributed by atoms with E-state index in [0.717, 1.165) is 18.5 Å². The van der Waals surface area contributed by atoms with Gasteiger partial charge in [0.15, 0.2) is 5.65 Å². The number of nitrogens with zero attached hydrogens (tertiary/aromatic N) is 3. The zero-order chi connectivity index (χ0) is 8.39. The molecule has 0 radical (unpaired) electrons. The van der Waals surface area contributed by atoms with Gasteiger partial charge in [-0.1, -0.05) is 13.3 Å². The van der Waals surface area contributed by atoms with Crippen LogP contribution in [0.5, 0.6) is 0 Å². The molecule has 0 N–H and O–H groups in total. The number of hydrogen-bond acceptors (Lipinski definition) is 2. The van der Waals surface area contributed by atoms with Gasteiger partial charge < -0.3 is 4.40 Å². The maximum absolute atomic E-state index is 4.24. The van der Waals surface area contributed by atoms with Crippen LogP contribution >= 0.6 is 0 Å². The first-order valence-electron chi connectivity index (χ1n) is 4.17. The molecule has 2 rings (SSSR count). The maximum Gasteiger partial charge on any atom is 0.155 e. The van der Waals surface area contributed by atoms with E-state index in [1.54, 1.807) is 12.4 Å². The zero-order valence-electron chi connectivity index (χ0n) is 7.07. The highest BCUT2D eigenvalue weighted by Crippen LogP contribution is 2.06. The van der Waals surface area contributed by atoms with Gasteiger partial charge in [-0.15, -0.1) is 0 Å². The minimum absolute atomic E-state index is 0.931. The van der Waals surface area contributed by atoms with Crippen LogP contribution in [0.25, 0.3) is 5.65 Å². The predicted octanol–water partition coefficient (Wildman–Crippen LogP) is 1.68. The van der Waals surface area contributed by atoms with Gasteiger partial charge in [0.25, 0.3) is 0 Å². The van der Waals surface area contributed by atoms with E-state index < -0.39 is 0 Å². The van der Waals surface area contributed by atoms with Crippen LogP contribution in [0, 0.1) is 0 Å². The summed E-state index contributed by atoms with van der Waals surface area (Å²) < 4.78 is 2.08. The first-order valence-corrected chi connectivity index (χ1v) is 4.17. The minimum atomic E-state index is 0.931. The van der Waals surface area contributed by atoms with Gasteiger partial charge in [-0.25, -0.2) is 4.98 Å². The Morgan fingerprint density at radius 3 is 3.17 bits per heavy atom. The Labute approximate surface area is 71.1 Å². The molecule has 3 nitrogen and oxygen atoms in total. The second-order valence-corrected chi connectivity index (χ2v) is 2.80. The number of fused-ring (bicyclic) bond motifs is 1. The predicted molar refractivity (Wildman–Crippen MR) is 47.0 cm³/mol. The molecule has 0 saturated carbocycles. The molecular weight excluding hydrogens is 150 g/mol. The van der Waals surface area contributed by atoms with Gasteiger partial charge >= 0.3 is 0 Å². The fourth-order valence-electron chi connectivity index (χ4n) is 1.34. The summed E-state index contributed by atoms with van der Waals surface area (Å²) in [6.45, 7) is 2.17. The van der Waals surface area contributed by atoms with Crippen molar-refractivity contribution in [2.45, 2.75) is 19.8 Å². The van der Waals surface area contributed by atoms with E-state index in [-0.39, 0.29) is 0 Å². The van der Waals surface area contributed by atoms with E-state index in [0.29, 0.717) is 0 Å². The van der Waals surface area contributed by atoms with Crippen molar-refractivity contribution in [1.82, 2.24) is 14.4 Å². The summed E-state index contributed by atoms with van der Waals surface area (Å²) in [5.41, 5.74) is 2.19. The van der Waals surface area contributed by atoms with Crippen molar-refractivity contribution in [3.8, 4) is 0 Å². The van der Waals surface area contributed by atoms with Crippen molar-refractivity contribution in [3.05, 3.63) is 30.5 Å². The normalized spacial score (nSPS) is 10.8. The Bertz CT molecular complexity index is 378. The van der Waals surface area contributed by atoms with E-state index in [1.165, 1.54) is 5.69 Å². The highest BCUT2D eigenvalue weighted by Gasteiger charge is 1.99. The molecule has 0 spiro atoms. The Kier molecular flexibility index (Phi) is 1.78. The van der Waals surface area contributed by atoms with Crippen LogP contribution < -0.4 is 0 Å². The molecule has 3 heteroatoms. The molecule has 2 aromatic heterocycles. The minimum Gasteiger partial charge on any atom is -0.301 e. The molecule has 0 aliphatic rings. The first-order chi connectivity index (χ1) is 5.92.